The van der Waals surface area contributed by atoms with E-state index in [0.717, 1.165) is 5.92 Å². The number of halogens is 2. The SMILES string of the molecule is CC(C)[CH2][Zr].F.F. The summed E-state index contributed by atoms with van der Waals surface area (Å²) in [6, 6.07) is 0. The first-order valence-electron chi connectivity index (χ1n) is 1.92. The second-order valence-electron chi connectivity index (χ2n) is 1.60. The van der Waals surface area contributed by atoms with Gasteiger partial charge in [0.05, 0.1) is 0 Å². The molecular formula is C4H11F2Zr. The van der Waals surface area contributed by atoms with Crippen LogP contribution in [0.4, 0.5) is 9.41 Å². The molecule has 0 aliphatic heterocycles. The van der Waals surface area contributed by atoms with Crippen LogP contribution in [-0.2, 0) is 24.7 Å². The van der Waals surface area contributed by atoms with Gasteiger partial charge in [0.1, 0.15) is 0 Å². The summed E-state index contributed by atoms with van der Waals surface area (Å²) in [6.45, 7) is 4.49. The zero-order valence-corrected chi connectivity index (χ0v) is 7.06. The molecule has 0 nitrogen and oxygen atoms in total. The van der Waals surface area contributed by atoms with Gasteiger partial charge < -0.3 is 0 Å². The van der Waals surface area contributed by atoms with E-state index in [2.05, 4.69) is 13.8 Å². The van der Waals surface area contributed by atoms with Crippen molar-refractivity contribution in [2.24, 2.45) is 5.92 Å². The Kier molecular flexibility index (Phi) is 22.1. The van der Waals surface area contributed by atoms with Gasteiger partial charge in [-0.25, -0.2) is 0 Å². The van der Waals surface area contributed by atoms with Gasteiger partial charge in [-0.2, -0.15) is 0 Å². The molecule has 0 amide bonds. The standard InChI is InChI=1S/C4H9.2FH.Zr/c1-4(2)3;;;/h4H,1H2,2-3H3;2*1H;. The van der Waals surface area contributed by atoms with Crippen molar-refractivity contribution >= 4 is 0 Å². The Morgan fingerprint density at radius 1 is 1.29 bits per heavy atom. The number of rotatable bonds is 1. The van der Waals surface area contributed by atoms with Gasteiger partial charge in [0, 0.05) is 0 Å². The van der Waals surface area contributed by atoms with Crippen LogP contribution >= 0.6 is 0 Å². The Morgan fingerprint density at radius 2 is 1.43 bits per heavy atom. The Bertz CT molecular complexity index is 23.7. The average molecular weight is 188 g/mol. The molecule has 0 aromatic rings. The first-order valence-corrected chi connectivity index (χ1v) is 3.65. The average Bonchev–Trinajstić information content (AvgIpc) is 1.38. The van der Waals surface area contributed by atoms with Crippen LogP contribution in [0.1, 0.15) is 13.8 Å². The maximum atomic E-state index is 2.24. The van der Waals surface area contributed by atoms with Gasteiger partial charge in [0.25, 0.3) is 0 Å². The van der Waals surface area contributed by atoms with Crippen LogP contribution in [0.3, 0.4) is 0 Å². The van der Waals surface area contributed by atoms with Crippen LogP contribution in [-0.4, -0.2) is 0 Å². The summed E-state index contributed by atoms with van der Waals surface area (Å²) >= 11 is 1.66. The molecule has 0 aromatic carbocycles. The monoisotopic (exact) mass is 187 g/mol. The third-order valence-corrected chi connectivity index (χ3v) is 2.42. The molecular weight excluding hydrogens is 177 g/mol. The first-order chi connectivity index (χ1) is 2.27. The van der Waals surface area contributed by atoms with E-state index in [-0.39, 0.29) is 9.41 Å². The third kappa shape index (κ3) is 20.2. The zero-order valence-electron chi connectivity index (χ0n) is 4.60. The van der Waals surface area contributed by atoms with E-state index in [4.69, 9.17) is 0 Å². The summed E-state index contributed by atoms with van der Waals surface area (Å²) in [5.74, 6) is 0.924. The molecule has 7 heavy (non-hydrogen) atoms. The van der Waals surface area contributed by atoms with Gasteiger partial charge in [-0.05, 0) is 0 Å². The van der Waals surface area contributed by atoms with Crippen molar-refractivity contribution in [1.82, 2.24) is 0 Å². The fourth-order valence-corrected chi connectivity index (χ4v) is 0. The summed E-state index contributed by atoms with van der Waals surface area (Å²) in [5.41, 5.74) is 0. The van der Waals surface area contributed by atoms with Crippen LogP contribution < -0.4 is 0 Å². The molecule has 0 heterocycles. The van der Waals surface area contributed by atoms with Gasteiger partial charge >= 0.3 is 48.6 Å². The Balaban J connectivity index is -0.0000000800. The third-order valence-electron chi connectivity index (χ3n) is 0.408. The minimum atomic E-state index is 0. The smallest absolute Gasteiger partial charge is 0.269 e. The van der Waals surface area contributed by atoms with E-state index in [0.29, 0.717) is 0 Å². The minimum Gasteiger partial charge on any atom is -0.269 e. The normalized spacial score (nSPS) is 6.57. The molecule has 45 valence electrons. The molecule has 0 unspecified atom stereocenters. The fraction of sp³-hybridized carbons (Fsp3) is 1.00. The van der Waals surface area contributed by atoms with Crippen LogP contribution in [0.15, 0.2) is 0 Å². The van der Waals surface area contributed by atoms with E-state index in [1.54, 1.807) is 24.7 Å². The molecule has 0 bridgehead atoms. The topological polar surface area (TPSA) is 0 Å². The quantitative estimate of drug-likeness (QED) is 0.590. The van der Waals surface area contributed by atoms with Crippen molar-refractivity contribution < 1.29 is 34.1 Å². The molecule has 0 aliphatic rings. The molecule has 0 aliphatic carbocycles. The van der Waals surface area contributed by atoms with Crippen LogP contribution in [0, 0.1) is 5.92 Å². The van der Waals surface area contributed by atoms with E-state index < -0.39 is 0 Å². The molecule has 0 fully saturated rings. The summed E-state index contributed by atoms with van der Waals surface area (Å²) in [6.07, 6.45) is 0. The van der Waals surface area contributed by atoms with E-state index in [1.165, 1.54) is 4.13 Å². The molecule has 0 saturated heterocycles. The predicted molar refractivity (Wildman–Crippen MR) is 24.7 cm³/mol. The van der Waals surface area contributed by atoms with Crippen molar-refractivity contribution in [3.05, 3.63) is 0 Å². The van der Waals surface area contributed by atoms with Crippen molar-refractivity contribution in [1.29, 1.82) is 0 Å². The van der Waals surface area contributed by atoms with E-state index in [1.807, 2.05) is 0 Å². The van der Waals surface area contributed by atoms with Crippen molar-refractivity contribution in [2.45, 2.75) is 18.0 Å². The van der Waals surface area contributed by atoms with Crippen molar-refractivity contribution in [2.75, 3.05) is 0 Å². The zero-order chi connectivity index (χ0) is 4.28. The molecule has 0 aromatic heterocycles. The summed E-state index contributed by atoms with van der Waals surface area (Å²) in [7, 11) is 0. The van der Waals surface area contributed by atoms with Crippen LogP contribution in [0.25, 0.3) is 0 Å². The first kappa shape index (κ1) is 15.6. The summed E-state index contributed by atoms with van der Waals surface area (Å²) in [5, 5.41) is 0. The maximum absolute atomic E-state index is 2.24. The number of hydrogen-bond donors (Lipinski definition) is 0. The van der Waals surface area contributed by atoms with E-state index in [9.17, 15) is 0 Å². The summed E-state index contributed by atoms with van der Waals surface area (Å²) in [4.78, 5) is 0. The molecule has 0 saturated carbocycles. The van der Waals surface area contributed by atoms with Gasteiger partial charge in [0.15, 0.2) is 0 Å². The molecule has 3 heteroatoms. The molecule has 0 N–H and O–H groups in total. The van der Waals surface area contributed by atoms with Crippen LogP contribution in [0.2, 0.25) is 4.13 Å². The van der Waals surface area contributed by atoms with Crippen LogP contribution in [0.5, 0.6) is 0 Å². The Labute approximate surface area is 58.3 Å². The Hall–Kier alpha value is 0.743. The second-order valence-corrected chi connectivity index (χ2v) is 2.60. The van der Waals surface area contributed by atoms with Gasteiger partial charge in [-0.1, -0.05) is 0 Å². The number of hydrogen-bond acceptors (Lipinski definition) is 0. The van der Waals surface area contributed by atoms with E-state index >= 15 is 0 Å². The largest absolute Gasteiger partial charge is 0.269 e. The van der Waals surface area contributed by atoms with Crippen molar-refractivity contribution in [3.8, 4) is 0 Å². The second kappa shape index (κ2) is 9.89. The maximum Gasteiger partial charge on any atom is -0.269 e. The molecule has 0 spiro atoms. The minimum absolute atomic E-state index is 0. The predicted octanol–water partition coefficient (Wildman–Crippen LogP) is 1.91. The molecule has 0 atom stereocenters. The van der Waals surface area contributed by atoms with Gasteiger partial charge in [-0.15, -0.1) is 0 Å². The Morgan fingerprint density at radius 3 is 1.43 bits per heavy atom. The van der Waals surface area contributed by atoms with Crippen molar-refractivity contribution in [3.63, 3.8) is 0 Å². The molecule has 0 radical (unpaired) electrons. The van der Waals surface area contributed by atoms with Gasteiger partial charge in [-0.3, -0.25) is 9.41 Å². The fourth-order valence-electron chi connectivity index (χ4n) is 0. The molecule has 0 rings (SSSR count). The summed E-state index contributed by atoms with van der Waals surface area (Å²) < 4.78 is 1.40. The van der Waals surface area contributed by atoms with Gasteiger partial charge in [0.2, 0.25) is 0 Å².